The average Bonchev–Trinajstić information content (AvgIpc) is 3.65. The van der Waals surface area contributed by atoms with E-state index in [-0.39, 0.29) is 18.1 Å². The molecular formula is C32H30FN7O3S2. The third-order valence-electron chi connectivity index (χ3n) is 7.26. The Kier molecular flexibility index (Phi) is 9.16. The molecule has 10 nitrogen and oxygen atoms in total. The highest BCUT2D eigenvalue weighted by Gasteiger charge is 2.28. The maximum atomic E-state index is 14.5. The number of benzene rings is 2. The Labute approximate surface area is 267 Å². The normalized spacial score (nSPS) is 12.5. The number of carboxylic acid groups (broad SMARTS) is 1. The molecule has 13 heteroatoms. The summed E-state index contributed by atoms with van der Waals surface area (Å²) < 4.78 is 21.2. The second-order valence-electron chi connectivity index (χ2n) is 10.3. The van der Waals surface area contributed by atoms with Crippen LogP contribution < -0.4 is 20.3 Å². The lowest BCUT2D eigenvalue weighted by molar-refractivity contribution is 0.0690. The molecule has 0 unspecified atom stereocenters. The van der Waals surface area contributed by atoms with Crippen molar-refractivity contribution in [3.63, 3.8) is 0 Å². The van der Waals surface area contributed by atoms with Crippen LogP contribution in [0.25, 0.3) is 10.2 Å². The lowest BCUT2D eigenvalue weighted by atomic mass is 10.0. The van der Waals surface area contributed by atoms with Crippen LogP contribution in [0.2, 0.25) is 0 Å². The molecule has 0 bridgehead atoms. The molecule has 2 aromatic carbocycles. The SMILES string of the molecule is CNCC#Cc1ccc(OCCCc2sc(N3CCCc4c3nnc(Nc3nc5ccccc5s3)c4C)nc2C(=O)O)c(F)c1. The van der Waals surface area contributed by atoms with Crippen molar-refractivity contribution in [2.45, 2.75) is 32.6 Å². The van der Waals surface area contributed by atoms with Gasteiger partial charge in [0, 0.05) is 28.1 Å². The van der Waals surface area contributed by atoms with Crippen LogP contribution in [0, 0.1) is 24.6 Å². The number of para-hydroxylation sites is 1. The van der Waals surface area contributed by atoms with Crippen molar-refractivity contribution < 1.29 is 19.0 Å². The topological polar surface area (TPSA) is 125 Å². The van der Waals surface area contributed by atoms with Gasteiger partial charge in [-0.3, -0.25) is 0 Å². The van der Waals surface area contributed by atoms with Crippen molar-refractivity contribution in [3.05, 3.63) is 75.5 Å². The number of ether oxygens (including phenoxy) is 1. The van der Waals surface area contributed by atoms with Gasteiger partial charge in [0.05, 0.1) is 23.4 Å². The maximum Gasteiger partial charge on any atom is 0.355 e. The van der Waals surface area contributed by atoms with E-state index in [4.69, 9.17) is 4.74 Å². The number of fused-ring (bicyclic) bond motifs is 2. The molecule has 0 saturated carbocycles. The molecule has 0 fully saturated rings. The van der Waals surface area contributed by atoms with Gasteiger partial charge >= 0.3 is 5.97 Å². The van der Waals surface area contributed by atoms with E-state index in [0.717, 1.165) is 39.3 Å². The molecule has 3 N–H and O–H groups in total. The maximum absolute atomic E-state index is 14.5. The van der Waals surface area contributed by atoms with E-state index in [0.29, 0.717) is 53.1 Å². The van der Waals surface area contributed by atoms with E-state index in [1.807, 2.05) is 36.1 Å². The Morgan fingerprint density at radius 1 is 1.18 bits per heavy atom. The van der Waals surface area contributed by atoms with Gasteiger partial charge < -0.3 is 25.4 Å². The van der Waals surface area contributed by atoms with Gasteiger partial charge in [-0.1, -0.05) is 35.3 Å². The van der Waals surface area contributed by atoms with Gasteiger partial charge in [0.15, 0.2) is 39.2 Å². The third-order valence-corrected chi connectivity index (χ3v) is 9.35. The molecule has 0 spiro atoms. The highest BCUT2D eigenvalue weighted by atomic mass is 32.1. The number of rotatable bonds is 10. The molecule has 0 aliphatic carbocycles. The van der Waals surface area contributed by atoms with Crippen LogP contribution in [-0.4, -0.2) is 58.0 Å². The van der Waals surface area contributed by atoms with Gasteiger partial charge in [-0.05, 0) is 70.0 Å². The summed E-state index contributed by atoms with van der Waals surface area (Å²) in [6, 6.07) is 12.6. The highest BCUT2D eigenvalue weighted by Crippen LogP contribution is 2.39. The second kappa shape index (κ2) is 13.6. The summed E-state index contributed by atoms with van der Waals surface area (Å²) in [5.41, 5.74) is 3.52. The van der Waals surface area contributed by atoms with E-state index < -0.39 is 11.8 Å². The first kappa shape index (κ1) is 30.4. The largest absolute Gasteiger partial charge is 0.491 e. The van der Waals surface area contributed by atoms with Crippen LogP contribution in [-0.2, 0) is 12.8 Å². The predicted octanol–water partition coefficient (Wildman–Crippen LogP) is 6.10. The molecule has 230 valence electrons. The molecule has 0 radical (unpaired) electrons. The number of halogens is 1. The van der Waals surface area contributed by atoms with Gasteiger partial charge in [-0.15, -0.1) is 21.5 Å². The van der Waals surface area contributed by atoms with Gasteiger partial charge in [-0.2, -0.15) is 0 Å². The van der Waals surface area contributed by atoms with Crippen LogP contribution in [0.15, 0.2) is 42.5 Å². The molecule has 0 atom stereocenters. The van der Waals surface area contributed by atoms with Crippen LogP contribution in [0.1, 0.15) is 44.9 Å². The van der Waals surface area contributed by atoms with Gasteiger partial charge in [0.2, 0.25) is 0 Å². The average molecular weight is 644 g/mol. The number of carbonyl (C=O) groups is 1. The lowest BCUT2D eigenvalue weighted by Gasteiger charge is -2.28. The molecule has 0 amide bonds. The van der Waals surface area contributed by atoms with Gasteiger partial charge in [0.1, 0.15) is 0 Å². The molecule has 5 aromatic rings. The number of aromatic nitrogens is 4. The summed E-state index contributed by atoms with van der Waals surface area (Å²) in [7, 11) is 1.79. The molecule has 6 rings (SSSR count). The van der Waals surface area contributed by atoms with E-state index in [2.05, 4.69) is 42.6 Å². The summed E-state index contributed by atoms with van der Waals surface area (Å²) in [4.78, 5) is 23.8. The van der Waals surface area contributed by atoms with Crippen molar-refractivity contribution in [1.82, 2.24) is 25.5 Å². The van der Waals surface area contributed by atoms with E-state index >= 15 is 0 Å². The van der Waals surface area contributed by atoms with E-state index in [1.165, 1.54) is 17.4 Å². The summed E-state index contributed by atoms with van der Waals surface area (Å²) in [6.07, 6.45) is 2.59. The minimum atomic E-state index is -1.09. The first-order valence-electron chi connectivity index (χ1n) is 14.5. The molecule has 3 aromatic heterocycles. The number of hydrogen-bond donors (Lipinski definition) is 3. The molecule has 1 aliphatic rings. The van der Waals surface area contributed by atoms with Crippen LogP contribution in [0.4, 0.5) is 26.3 Å². The van der Waals surface area contributed by atoms with Crippen LogP contribution >= 0.6 is 22.7 Å². The smallest absolute Gasteiger partial charge is 0.355 e. The van der Waals surface area contributed by atoms with Gasteiger partial charge in [0.25, 0.3) is 0 Å². The fraction of sp³-hybridized carbons (Fsp3) is 0.281. The van der Waals surface area contributed by atoms with E-state index in [1.54, 1.807) is 30.5 Å². The minimum absolute atomic E-state index is 0.0107. The first-order chi connectivity index (χ1) is 21.9. The molecule has 45 heavy (non-hydrogen) atoms. The molecule has 1 aliphatic heterocycles. The number of carboxylic acids is 1. The zero-order chi connectivity index (χ0) is 31.3. The Balaban J connectivity index is 1.14. The monoisotopic (exact) mass is 643 g/mol. The molecule has 0 saturated heterocycles. The van der Waals surface area contributed by atoms with E-state index in [9.17, 15) is 14.3 Å². The number of thiazole rings is 2. The van der Waals surface area contributed by atoms with Crippen molar-refractivity contribution in [1.29, 1.82) is 0 Å². The Bertz CT molecular complexity index is 1900. The second-order valence-corrected chi connectivity index (χ2v) is 12.4. The van der Waals surface area contributed by atoms with Crippen molar-refractivity contribution in [2.24, 2.45) is 0 Å². The minimum Gasteiger partial charge on any atom is -0.491 e. The van der Waals surface area contributed by atoms with Crippen LogP contribution in [0.5, 0.6) is 5.75 Å². The number of nitrogens with one attached hydrogen (secondary N) is 2. The summed E-state index contributed by atoms with van der Waals surface area (Å²) in [5, 5.41) is 26.5. The fourth-order valence-corrected chi connectivity index (χ4v) is 7.03. The number of hydrogen-bond acceptors (Lipinski definition) is 11. The summed E-state index contributed by atoms with van der Waals surface area (Å²) in [6.45, 7) is 3.39. The lowest BCUT2D eigenvalue weighted by Crippen LogP contribution is -2.27. The third kappa shape index (κ3) is 6.73. The van der Waals surface area contributed by atoms with Crippen LogP contribution in [0.3, 0.4) is 0 Å². The zero-order valence-corrected chi connectivity index (χ0v) is 26.3. The number of nitrogens with zero attached hydrogens (tertiary/aromatic N) is 5. The Morgan fingerprint density at radius 3 is 2.84 bits per heavy atom. The van der Waals surface area contributed by atoms with Crippen molar-refractivity contribution in [2.75, 3.05) is 37.0 Å². The molecular weight excluding hydrogens is 614 g/mol. The van der Waals surface area contributed by atoms with Gasteiger partial charge in [-0.25, -0.2) is 19.2 Å². The Morgan fingerprint density at radius 2 is 2.04 bits per heavy atom. The summed E-state index contributed by atoms with van der Waals surface area (Å²) in [5.74, 6) is 5.66. The standard InChI is InChI=1S/C32H30FN7O3S2/c1-19-21-9-6-16-40(29(21)39-38-28(19)37-31-35-23-10-3-4-11-25(23)44-31)32-36-27(30(41)42)26(45-32)12-7-17-43-24-14-13-20(18-22(24)33)8-5-15-34-2/h3-4,10-11,13-14,18,34H,6-7,9,12,15-17H2,1-2H3,(H,41,42)(H,35,37,38). The number of aromatic carboxylic acids is 1. The predicted molar refractivity (Wildman–Crippen MR) is 175 cm³/mol. The first-order valence-corrected chi connectivity index (χ1v) is 16.1. The highest BCUT2D eigenvalue weighted by molar-refractivity contribution is 7.22. The summed E-state index contributed by atoms with van der Waals surface area (Å²) >= 11 is 2.88. The number of anilines is 4. The van der Waals surface area contributed by atoms with Crippen molar-refractivity contribution in [3.8, 4) is 17.6 Å². The fourth-order valence-electron chi connectivity index (χ4n) is 5.05. The quantitative estimate of drug-likeness (QED) is 0.121. The van der Waals surface area contributed by atoms with Crippen molar-refractivity contribution >= 4 is 60.8 Å². The number of aryl methyl sites for hydroxylation is 1. The zero-order valence-electron chi connectivity index (χ0n) is 24.7. The Hall–Kier alpha value is -4.64. The molecule has 4 heterocycles.